The average molecular weight is 349 g/mol. The predicted octanol–water partition coefficient (Wildman–Crippen LogP) is 4.30. The van der Waals surface area contributed by atoms with Crippen LogP contribution >= 0.6 is 23.2 Å². The van der Waals surface area contributed by atoms with Gasteiger partial charge in [0.2, 0.25) is 5.95 Å². The van der Waals surface area contributed by atoms with E-state index in [1.54, 1.807) is 6.07 Å². The summed E-state index contributed by atoms with van der Waals surface area (Å²) < 4.78 is 5.90. The molecular weight excluding hydrogens is 335 g/mol. The van der Waals surface area contributed by atoms with Gasteiger partial charge in [-0.1, -0.05) is 35.3 Å². The van der Waals surface area contributed by atoms with E-state index in [1.165, 1.54) is 6.33 Å². The number of hydrogen-bond acceptors (Lipinski definition) is 4. The fourth-order valence-electron chi connectivity index (χ4n) is 2.04. The van der Waals surface area contributed by atoms with Gasteiger partial charge in [0.15, 0.2) is 0 Å². The summed E-state index contributed by atoms with van der Waals surface area (Å²) in [6.07, 6.45) is 1.44. The highest BCUT2D eigenvalue weighted by molar-refractivity contribution is 6.30. The molecule has 3 aromatic rings. The third-order valence-electron chi connectivity index (χ3n) is 3.19. The Morgan fingerprint density at radius 2 is 1.83 bits per heavy atom. The van der Waals surface area contributed by atoms with E-state index in [-0.39, 0.29) is 0 Å². The van der Waals surface area contributed by atoms with Crippen molar-refractivity contribution in [2.45, 2.75) is 13.2 Å². The first-order valence-electron chi connectivity index (χ1n) is 6.95. The van der Waals surface area contributed by atoms with Gasteiger partial charge in [-0.3, -0.25) is 0 Å². The van der Waals surface area contributed by atoms with Crippen LogP contribution in [0.3, 0.4) is 0 Å². The maximum absolute atomic E-state index is 6.08. The zero-order valence-corrected chi connectivity index (χ0v) is 13.6. The van der Waals surface area contributed by atoms with Crippen LogP contribution in [-0.2, 0) is 13.2 Å². The van der Waals surface area contributed by atoms with Crippen molar-refractivity contribution < 1.29 is 4.74 Å². The van der Waals surface area contributed by atoms with Crippen LogP contribution < -0.4 is 10.1 Å². The highest BCUT2D eigenvalue weighted by Gasteiger charge is 2.06. The molecule has 0 bridgehead atoms. The molecule has 0 fully saturated rings. The van der Waals surface area contributed by atoms with Crippen molar-refractivity contribution in [1.29, 1.82) is 0 Å². The number of nitrogens with one attached hydrogen (secondary N) is 2. The maximum atomic E-state index is 6.08. The van der Waals surface area contributed by atoms with Gasteiger partial charge in [-0.15, -0.1) is 0 Å². The van der Waals surface area contributed by atoms with E-state index in [0.29, 0.717) is 29.1 Å². The summed E-state index contributed by atoms with van der Waals surface area (Å²) in [5.74, 6) is 1.35. The largest absolute Gasteiger partial charge is 0.489 e. The van der Waals surface area contributed by atoms with E-state index in [2.05, 4.69) is 20.5 Å². The maximum Gasteiger partial charge on any atom is 0.218 e. The zero-order valence-electron chi connectivity index (χ0n) is 12.1. The van der Waals surface area contributed by atoms with Crippen LogP contribution in [-0.4, -0.2) is 15.2 Å². The molecule has 0 aliphatic rings. The lowest BCUT2D eigenvalue weighted by molar-refractivity contribution is 0.303. The van der Waals surface area contributed by atoms with Crippen LogP contribution in [0, 0.1) is 0 Å². The van der Waals surface area contributed by atoms with E-state index in [1.807, 2.05) is 36.4 Å². The van der Waals surface area contributed by atoms with Gasteiger partial charge in [0.1, 0.15) is 18.7 Å². The number of halogens is 2. The molecule has 0 saturated heterocycles. The summed E-state index contributed by atoms with van der Waals surface area (Å²) in [7, 11) is 0. The molecule has 0 aliphatic heterocycles. The first kappa shape index (κ1) is 15.6. The van der Waals surface area contributed by atoms with Gasteiger partial charge in [-0.25, -0.2) is 10.1 Å². The van der Waals surface area contributed by atoms with E-state index in [0.717, 1.165) is 16.9 Å². The number of hydrogen-bond donors (Lipinski definition) is 2. The molecule has 0 atom stereocenters. The van der Waals surface area contributed by atoms with Crippen LogP contribution in [0.4, 0.5) is 5.95 Å². The number of aromatic nitrogens is 3. The molecule has 0 saturated carbocycles. The Kier molecular flexibility index (Phi) is 5.00. The molecule has 0 amide bonds. The molecule has 0 unspecified atom stereocenters. The number of rotatable bonds is 6. The van der Waals surface area contributed by atoms with E-state index < -0.39 is 0 Å². The van der Waals surface area contributed by atoms with Crippen LogP contribution in [0.2, 0.25) is 10.0 Å². The van der Waals surface area contributed by atoms with Gasteiger partial charge >= 0.3 is 0 Å². The smallest absolute Gasteiger partial charge is 0.218 e. The highest BCUT2D eigenvalue weighted by Crippen LogP contribution is 2.24. The van der Waals surface area contributed by atoms with Gasteiger partial charge in [0, 0.05) is 22.2 Å². The number of nitrogens with zero attached hydrogens (tertiary/aromatic N) is 2. The molecule has 3 rings (SSSR count). The third-order valence-corrected chi connectivity index (χ3v) is 3.68. The van der Waals surface area contributed by atoms with Crippen molar-refractivity contribution in [3.63, 3.8) is 0 Å². The molecule has 7 heteroatoms. The Morgan fingerprint density at radius 3 is 2.57 bits per heavy atom. The Labute approximate surface area is 143 Å². The molecule has 118 valence electrons. The fourth-order valence-corrected chi connectivity index (χ4v) is 2.36. The summed E-state index contributed by atoms with van der Waals surface area (Å²) in [5.41, 5.74) is 1.97. The Bertz CT molecular complexity index is 760. The lowest BCUT2D eigenvalue weighted by Crippen LogP contribution is -2.04. The number of aromatic amines is 1. The molecule has 0 aliphatic carbocycles. The van der Waals surface area contributed by atoms with Crippen molar-refractivity contribution in [2.24, 2.45) is 0 Å². The number of benzene rings is 2. The molecule has 0 spiro atoms. The van der Waals surface area contributed by atoms with E-state index in [9.17, 15) is 0 Å². The standard InChI is InChI=1S/C16H14Cl2N4O/c17-13-3-1-11(2-4-13)9-23-15-6-5-14(18)7-12(15)8-19-16-20-10-21-22-16/h1-7,10H,8-9H2,(H2,19,20,21,22). The average Bonchev–Trinajstić information content (AvgIpc) is 3.07. The summed E-state index contributed by atoms with van der Waals surface area (Å²) in [4.78, 5) is 4.02. The quantitative estimate of drug-likeness (QED) is 0.696. The summed E-state index contributed by atoms with van der Waals surface area (Å²) in [5, 5.41) is 11.0. The van der Waals surface area contributed by atoms with Crippen molar-refractivity contribution in [3.8, 4) is 5.75 Å². The minimum atomic E-state index is 0.452. The monoisotopic (exact) mass is 348 g/mol. The second kappa shape index (κ2) is 7.35. The van der Waals surface area contributed by atoms with Gasteiger partial charge in [-0.05, 0) is 35.9 Å². The second-order valence-electron chi connectivity index (χ2n) is 4.85. The summed E-state index contributed by atoms with van der Waals surface area (Å²) >= 11 is 12.0. The molecule has 1 aromatic heterocycles. The number of ether oxygens (including phenoxy) is 1. The van der Waals surface area contributed by atoms with Crippen molar-refractivity contribution in [3.05, 3.63) is 70.0 Å². The summed E-state index contributed by atoms with van der Waals surface area (Å²) in [6.45, 7) is 0.972. The first-order valence-corrected chi connectivity index (χ1v) is 7.71. The highest BCUT2D eigenvalue weighted by atomic mass is 35.5. The van der Waals surface area contributed by atoms with Crippen molar-refractivity contribution in [1.82, 2.24) is 15.2 Å². The SMILES string of the molecule is Clc1ccc(COc2ccc(Cl)cc2CNc2ncn[nH]2)cc1. The first-order chi connectivity index (χ1) is 11.2. The van der Waals surface area contributed by atoms with Crippen LogP contribution in [0.1, 0.15) is 11.1 Å². The molecule has 1 heterocycles. The number of anilines is 1. The van der Waals surface area contributed by atoms with Gasteiger partial charge < -0.3 is 10.1 Å². The number of H-pyrrole nitrogens is 1. The zero-order chi connectivity index (χ0) is 16.1. The van der Waals surface area contributed by atoms with Gasteiger partial charge in [0.05, 0.1) is 0 Å². The van der Waals surface area contributed by atoms with Crippen LogP contribution in [0.5, 0.6) is 5.75 Å². The molecule has 2 N–H and O–H groups in total. The Balaban J connectivity index is 1.69. The summed E-state index contributed by atoms with van der Waals surface area (Å²) in [6, 6.07) is 13.1. The predicted molar refractivity (Wildman–Crippen MR) is 90.9 cm³/mol. The Morgan fingerprint density at radius 1 is 1.04 bits per heavy atom. The topological polar surface area (TPSA) is 62.8 Å². The van der Waals surface area contributed by atoms with Crippen LogP contribution in [0.15, 0.2) is 48.8 Å². The van der Waals surface area contributed by atoms with Crippen molar-refractivity contribution >= 4 is 29.2 Å². The molecular formula is C16H14Cl2N4O. The lowest BCUT2D eigenvalue weighted by Gasteiger charge is -2.12. The second-order valence-corrected chi connectivity index (χ2v) is 5.73. The molecule has 23 heavy (non-hydrogen) atoms. The fraction of sp³-hybridized carbons (Fsp3) is 0.125. The van der Waals surface area contributed by atoms with Crippen molar-refractivity contribution in [2.75, 3.05) is 5.32 Å². The van der Waals surface area contributed by atoms with Crippen LogP contribution in [0.25, 0.3) is 0 Å². The van der Waals surface area contributed by atoms with Gasteiger partial charge in [-0.2, -0.15) is 5.10 Å². The minimum absolute atomic E-state index is 0.452. The molecule has 5 nitrogen and oxygen atoms in total. The van der Waals surface area contributed by atoms with E-state index in [4.69, 9.17) is 27.9 Å². The molecule has 2 aromatic carbocycles. The minimum Gasteiger partial charge on any atom is -0.489 e. The molecule has 0 radical (unpaired) electrons. The lowest BCUT2D eigenvalue weighted by atomic mass is 10.2. The van der Waals surface area contributed by atoms with E-state index >= 15 is 0 Å². The van der Waals surface area contributed by atoms with Gasteiger partial charge in [0.25, 0.3) is 0 Å². The Hall–Kier alpha value is -2.24. The third kappa shape index (κ3) is 4.37. The normalized spacial score (nSPS) is 10.5.